The Bertz CT molecular complexity index is 565. The second kappa shape index (κ2) is 6.07. The molecule has 2 N–H and O–H groups in total. The van der Waals surface area contributed by atoms with Crippen molar-refractivity contribution in [2.24, 2.45) is 0 Å². The van der Waals surface area contributed by atoms with E-state index < -0.39 is 0 Å². The smallest absolute Gasteiger partial charge is 0.0375 e. The largest absolute Gasteiger partial charge is 0.385 e. The van der Waals surface area contributed by atoms with Gasteiger partial charge in [0.15, 0.2) is 0 Å². The molecule has 0 saturated carbocycles. The van der Waals surface area contributed by atoms with Crippen LogP contribution in [0.3, 0.4) is 0 Å². The van der Waals surface area contributed by atoms with E-state index in [1.807, 2.05) is 0 Å². The summed E-state index contributed by atoms with van der Waals surface area (Å²) < 4.78 is 1.21. The molecule has 4 heteroatoms. The van der Waals surface area contributed by atoms with Gasteiger partial charge in [-0.25, -0.2) is 0 Å². The van der Waals surface area contributed by atoms with Crippen LogP contribution in [0.1, 0.15) is 22.4 Å². The van der Waals surface area contributed by atoms with Gasteiger partial charge in [-0.2, -0.15) is 0 Å². The first kappa shape index (κ1) is 13.2. The van der Waals surface area contributed by atoms with E-state index in [0.29, 0.717) is 0 Å². The van der Waals surface area contributed by atoms with Crippen LogP contribution < -0.4 is 10.6 Å². The summed E-state index contributed by atoms with van der Waals surface area (Å²) in [5.74, 6) is 0. The second-order valence-electron chi connectivity index (χ2n) is 4.77. The van der Waals surface area contributed by atoms with Crippen molar-refractivity contribution in [3.05, 3.63) is 50.1 Å². The molecule has 19 heavy (non-hydrogen) atoms. The van der Waals surface area contributed by atoms with Crippen LogP contribution in [0.15, 0.2) is 34.1 Å². The van der Waals surface area contributed by atoms with Gasteiger partial charge in [0.05, 0.1) is 0 Å². The highest BCUT2D eigenvalue weighted by Gasteiger charge is 2.12. The minimum absolute atomic E-state index is 0.926. The number of fused-ring (bicyclic) bond motifs is 1. The van der Waals surface area contributed by atoms with Crippen LogP contribution in [-0.2, 0) is 19.5 Å². The van der Waals surface area contributed by atoms with Crippen molar-refractivity contribution in [3.63, 3.8) is 0 Å². The monoisotopic (exact) mass is 336 g/mol. The lowest BCUT2D eigenvalue weighted by Crippen LogP contribution is -2.17. The molecule has 2 aromatic rings. The summed E-state index contributed by atoms with van der Waals surface area (Å²) in [5.41, 5.74) is 4.24. The topological polar surface area (TPSA) is 24.1 Å². The molecule has 0 fully saturated rings. The summed E-state index contributed by atoms with van der Waals surface area (Å²) in [6, 6.07) is 8.68. The molecule has 1 aromatic carbocycles. The van der Waals surface area contributed by atoms with Gasteiger partial charge in [0, 0.05) is 34.7 Å². The Morgan fingerprint density at radius 1 is 1.26 bits per heavy atom. The number of hydrogen-bond acceptors (Lipinski definition) is 3. The van der Waals surface area contributed by atoms with Gasteiger partial charge in [0.25, 0.3) is 0 Å². The zero-order chi connectivity index (χ0) is 13.1. The van der Waals surface area contributed by atoms with Crippen molar-refractivity contribution < 1.29 is 0 Å². The maximum absolute atomic E-state index is 3.57. The Labute approximate surface area is 126 Å². The Kier molecular flexibility index (Phi) is 4.21. The molecule has 3 rings (SSSR count). The molecule has 0 radical (unpaired) electrons. The molecule has 2 nitrogen and oxygen atoms in total. The number of thiophene rings is 1. The number of anilines is 1. The summed E-state index contributed by atoms with van der Waals surface area (Å²) in [6.07, 6.45) is 2.43. The highest BCUT2D eigenvalue weighted by atomic mass is 79.9. The fraction of sp³-hybridized carbons (Fsp3) is 0.333. The first-order valence-corrected chi connectivity index (χ1v) is 8.29. The van der Waals surface area contributed by atoms with Crippen molar-refractivity contribution in [2.45, 2.75) is 25.9 Å². The van der Waals surface area contributed by atoms with Crippen LogP contribution in [0.5, 0.6) is 0 Å². The number of benzene rings is 1. The predicted octanol–water partition coefficient (Wildman–Crippen LogP) is 4.16. The van der Waals surface area contributed by atoms with Crippen LogP contribution in [-0.4, -0.2) is 6.54 Å². The first-order valence-electron chi connectivity index (χ1n) is 6.62. The van der Waals surface area contributed by atoms with Crippen LogP contribution in [0.2, 0.25) is 0 Å². The SMILES string of the molecule is Brc1ccsc1CNCc1cccc2c1CCCN2. The van der Waals surface area contributed by atoms with Gasteiger partial charge in [-0.1, -0.05) is 12.1 Å². The highest BCUT2D eigenvalue weighted by Crippen LogP contribution is 2.26. The number of rotatable bonds is 4. The molecular weight excluding hydrogens is 320 g/mol. The Hall–Kier alpha value is -0.840. The van der Waals surface area contributed by atoms with Crippen LogP contribution in [0, 0.1) is 0 Å². The summed E-state index contributed by atoms with van der Waals surface area (Å²) in [4.78, 5) is 1.36. The minimum Gasteiger partial charge on any atom is -0.385 e. The van der Waals surface area contributed by atoms with Crippen molar-refractivity contribution in [3.8, 4) is 0 Å². The Morgan fingerprint density at radius 2 is 2.21 bits per heavy atom. The fourth-order valence-electron chi connectivity index (χ4n) is 2.51. The second-order valence-corrected chi connectivity index (χ2v) is 6.62. The molecule has 0 saturated heterocycles. The van der Waals surface area contributed by atoms with Gasteiger partial charge < -0.3 is 10.6 Å². The summed E-state index contributed by atoms with van der Waals surface area (Å²) in [6.45, 7) is 2.97. The average molecular weight is 337 g/mol. The molecule has 100 valence electrons. The fourth-order valence-corrected chi connectivity index (χ4v) is 3.97. The third-order valence-electron chi connectivity index (χ3n) is 3.48. The van der Waals surface area contributed by atoms with Gasteiger partial charge in [0.2, 0.25) is 0 Å². The van der Waals surface area contributed by atoms with Crippen molar-refractivity contribution in [1.82, 2.24) is 5.32 Å². The quantitative estimate of drug-likeness (QED) is 0.875. The third kappa shape index (κ3) is 3.02. The normalized spacial score (nSPS) is 13.9. The molecule has 0 bridgehead atoms. The summed E-state index contributed by atoms with van der Waals surface area (Å²) in [7, 11) is 0. The van der Waals surface area contributed by atoms with Gasteiger partial charge in [-0.3, -0.25) is 0 Å². The van der Waals surface area contributed by atoms with Crippen LogP contribution >= 0.6 is 27.3 Å². The van der Waals surface area contributed by atoms with E-state index in [-0.39, 0.29) is 0 Å². The lowest BCUT2D eigenvalue weighted by molar-refractivity contribution is 0.688. The number of halogens is 1. The molecule has 0 spiro atoms. The molecule has 0 unspecified atom stereocenters. The third-order valence-corrected chi connectivity index (χ3v) is 5.41. The van der Waals surface area contributed by atoms with E-state index in [2.05, 4.69) is 56.2 Å². The standard InChI is InChI=1S/C15H17BrN2S/c16-13-6-8-19-15(13)10-17-9-11-3-1-5-14-12(11)4-2-7-18-14/h1,3,5-6,8,17-18H,2,4,7,9-10H2. The highest BCUT2D eigenvalue weighted by molar-refractivity contribution is 9.10. The molecule has 1 aliphatic rings. The first-order chi connectivity index (χ1) is 9.34. The molecule has 0 atom stereocenters. The molecule has 1 aliphatic heterocycles. The van der Waals surface area contributed by atoms with Crippen molar-refractivity contribution in [2.75, 3.05) is 11.9 Å². The van der Waals surface area contributed by atoms with E-state index in [9.17, 15) is 0 Å². The number of nitrogens with one attached hydrogen (secondary N) is 2. The molecular formula is C15H17BrN2S. The van der Waals surface area contributed by atoms with Gasteiger partial charge in [-0.05, 0) is 57.4 Å². The van der Waals surface area contributed by atoms with Gasteiger partial charge >= 0.3 is 0 Å². The maximum atomic E-state index is 3.57. The predicted molar refractivity (Wildman–Crippen MR) is 85.8 cm³/mol. The maximum Gasteiger partial charge on any atom is 0.0375 e. The van der Waals surface area contributed by atoms with E-state index in [4.69, 9.17) is 0 Å². The van der Waals surface area contributed by atoms with E-state index >= 15 is 0 Å². The zero-order valence-electron chi connectivity index (χ0n) is 10.7. The van der Waals surface area contributed by atoms with Crippen molar-refractivity contribution >= 4 is 33.0 Å². The van der Waals surface area contributed by atoms with E-state index in [0.717, 1.165) is 19.6 Å². The molecule has 0 amide bonds. The van der Waals surface area contributed by atoms with E-state index in [1.165, 1.54) is 39.0 Å². The average Bonchev–Trinajstić information content (AvgIpc) is 2.85. The Morgan fingerprint density at radius 3 is 3.05 bits per heavy atom. The minimum atomic E-state index is 0.926. The molecule has 1 aromatic heterocycles. The lowest BCUT2D eigenvalue weighted by Gasteiger charge is -2.21. The van der Waals surface area contributed by atoms with Gasteiger partial charge in [0.1, 0.15) is 0 Å². The summed E-state index contributed by atoms with van der Waals surface area (Å²) in [5, 5.41) is 9.15. The summed E-state index contributed by atoms with van der Waals surface area (Å²) >= 11 is 5.36. The van der Waals surface area contributed by atoms with Crippen molar-refractivity contribution in [1.29, 1.82) is 0 Å². The molecule has 0 aliphatic carbocycles. The van der Waals surface area contributed by atoms with E-state index in [1.54, 1.807) is 11.3 Å². The lowest BCUT2D eigenvalue weighted by atomic mass is 9.97. The van der Waals surface area contributed by atoms with Crippen LogP contribution in [0.25, 0.3) is 0 Å². The number of hydrogen-bond donors (Lipinski definition) is 2. The molecule has 2 heterocycles. The van der Waals surface area contributed by atoms with Crippen LogP contribution in [0.4, 0.5) is 5.69 Å². The van der Waals surface area contributed by atoms with Gasteiger partial charge in [-0.15, -0.1) is 11.3 Å². The zero-order valence-corrected chi connectivity index (χ0v) is 13.1. The Balaban J connectivity index is 1.66.